The van der Waals surface area contributed by atoms with Crippen LogP contribution in [-0.2, 0) is 23.7 Å². The fourth-order valence-electron chi connectivity index (χ4n) is 5.53. The molecule has 3 aliphatic rings. The summed E-state index contributed by atoms with van der Waals surface area (Å²) in [6, 6.07) is 6.95. The predicted octanol–water partition coefficient (Wildman–Crippen LogP) is 6.37. The Kier molecular flexibility index (Phi) is 11.1. The zero-order valence-corrected chi connectivity index (χ0v) is 23.9. The lowest BCUT2D eigenvalue weighted by Crippen LogP contribution is -2.48. The Balaban J connectivity index is 1.45. The van der Waals surface area contributed by atoms with Gasteiger partial charge in [0.05, 0.1) is 0 Å². The number of carbonyl (C=O) groups is 1. The van der Waals surface area contributed by atoms with Gasteiger partial charge >= 0.3 is 6.09 Å². The molecule has 3 saturated heterocycles. The average Bonchev–Trinajstić information content (AvgIpc) is 3.22. The van der Waals surface area contributed by atoms with Crippen LogP contribution in [0.5, 0.6) is 0 Å². The van der Waals surface area contributed by atoms with Crippen molar-refractivity contribution in [1.82, 2.24) is 4.90 Å². The number of anilines is 1. The SMILES string of the molecule is CCCCCCCO[C@H]1O[C@H]([C@@H](CN2CCCCCC2)OC(=O)Nc2ccc(Cl)cc2)[C@@H]2OC(C)(C)O[C@H]12. The summed E-state index contributed by atoms with van der Waals surface area (Å²) in [5.41, 5.74) is 0.615. The molecule has 1 aromatic rings. The van der Waals surface area contributed by atoms with E-state index < -0.39 is 36.5 Å². The molecule has 0 unspecified atom stereocenters. The molecule has 3 heterocycles. The normalized spacial score (nSPS) is 28.0. The molecule has 9 heteroatoms. The largest absolute Gasteiger partial charge is 0.442 e. The molecule has 214 valence electrons. The van der Waals surface area contributed by atoms with Gasteiger partial charge in [-0.1, -0.05) is 57.0 Å². The third-order valence-electron chi connectivity index (χ3n) is 7.43. The van der Waals surface area contributed by atoms with Gasteiger partial charge in [0.1, 0.15) is 24.4 Å². The Morgan fingerprint density at radius 1 is 1.05 bits per heavy atom. The topological polar surface area (TPSA) is 78.5 Å². The lowest BCUT2D eigenvalue weighted by molar-refractivity contribution is -0.243. The molecule has 0 spiro atoms. The standard InChI is InChI=1S/C29H45ClN2O6/c1-4-5-6-9-12-19-34-27-26-25(37-29(2,3)38-26)24(36-27)23(20-32-17-10-7-8-11-18-32)35-28(33)31-22-15-13-21(30)14-16-22/h13-16,23-27H,4-12,17-20H2,1-3H3,(H,31,33)/t23-,24-,25+,26+,27+/m1/s1. The summed E-state index contributed by atoms with van der Waals surface area (Å²) < 4.78 is 31.2. The summed E-state index contributed by atoms with van der Waals surface area (Å²) in [5.74, 6) is -0.765. The van der Waals surface area contributed by atoms with Crippen molar-refractivity contribution >= 4 is 23.4 Å². The van der Waals surface area contributed by atoms with Crippen LogP contribution in [0.15, 0.2) is 24.3 Å². The zero-order chi connectivity index (χ0) is 27.0. The van der Waals surface area contributed by atoms with Crippen LogP contribution in [0.2, 0.25) is 5.02 Å². The number of carbonyl (C=O) groups excluding carboxylic acids is 1. The summed E-state index contributed by atoms with van der Waals surface area (Å²) in [4.78, 5) is 15.4. The van der Waals surface area contributed by atoms with Crippen molar-refractivity contribution in [3.05, 3.63) is 29.3 Å². The molecule has 0 saturated carbocycles. The first kappa shape index (κ1) is 29.6. The number of nitrogens with zero attached hydrogens (tertiary/aromatic N) is 1. The van der Waals surface area contributed by atoms with E-state index in [1.807, 2.05) is 13.8 Å². The van der Waals surface area contributed by atoms with E-state index >= 15 is 0 Å². The Morgan fingerprint density at radius 2 is 1.74 bits per heavy atom. The third-order valence-corrected chi connectivity index (χ3v) is 7.68. The maximum Gasteiger partial charge on any atom is 0.412 e. The highest BCUT2D eigenvalue weighted by Crippen LogP contribution is 2.41. The third kappa shape index (κ3) is 8.54. The molecule has 0 bridgehead atoms. The van der Waals surface area contributed by atoms with Crippen LogP contribution in [0.3, 0.4) is 0 Å². The van der Waals surface area contributed by atoms with Gasteiger partial charge < -0.3 is 23.7 Å². The van der Waals surface area contributed by atoms with E-state index in [1.54, 1.807) is 24.3 Å². The van der Waals surface area contributed by atoms with Gasteiger partial charge in [0.25, 0.3) is 0 Å². The van der Waals surface area contributed by atoms with E-state index in [-0.39, 0.29) is 6.10 Å². The van der Waals surface area contributed by atoms with Gasteiger partial charge in [0.2, 0.25) is 0 Å². The summed E-state index contributed by atoms with van der Waals surface area (Å²) in [6.07, 6.45) is 7.56. The lowest BCUT2D eigenvalue weighted by Gasteiger charge is -2.32. The number of unbranched alkanes of at least 4 members (excludes halogenated alkanes) is 4. The average molecular weight is 553 g/mol. The van der Waals surface area contributed by atoms with Gasteiger partial charge in [-0.2, -0.15) is 0 Å². The van der Waals surface area contributed by atoms with Crippen LogP contribution in [0.4, 0.5) is 10.5 Å². The lowest BCUT2D eigenvalue weighted by atomic mass is 10.0. The Hall–Kier alpha value is -1.42. The summed E-state index contributed by atoms with van der Waals surface area (Å²) in [5, 5.41) is 3.42. The number of benzene rings is 1. The van der Waals surface area contributed by atoms with Crippen LogP contribution >= 0.6 is 11.6 Å². The smallest absolute Gasteiger partial charge is 0.412 e. The minimum atomic E-state index is -0.765. The van der Waals surface area contributed by atoms with Gasteiger partial charge in [0.15, 0.2) is 12.1 Å². The van der Waals surface area contributed by atoms with Crippen molar-refractivity contribution < 1.29 is 28.5 Å². The van der Waals surface area contributed by atoms with Crippen LogP contribution in [0.25, 0.3) is 0 Å². The summed E-state index contributed by atoms with van der Waals surface area (Å²) >= 11 is 5.99. The second-order valence-electron chi connectivity index (χ2n) is 11.1. The van der Waals surface area contributed by atoms with Gasteiger partial charge in [-0.15, -0.1) is 0 Å². The van der Waals surface area contributed by atoms with Gasteiger partial charge in [-0.05, 0) is 70.5 Å². The van der Waals surface area contributed by atoms with Crippen LogP contribution in [0, 0.1) is 0 Å². The molecule has 1 aromatic carbocycles. The van der Waals surface area contributed by atoms with Crippen LogP contribution in [0.1, 0.15) is 78.6 Å². The van der Waals surface area contributed by atoms with Crippen LogP contribution < -0.4 is 5.32 Å². The summed E-state index contributed by atoms with van der Waals surface area (Å²) in [7, 11) is 0. The number of ether oxygens (including phenoxy) is 5. The number of likely N-dealkylation sites (tertiary alicyclic amines) is 1. The van der Waals surface area contributed by atoms with Crippen molar-refractivity contribution in [2.24, 2.45) is 0 Å². The van der Waals surface area contributed by atoms with Gasteiger partial charge in [0, 0.05) is 23.9 Å². The number of amides is 1. The minimum Gasteiger partial charge on any atom is -0.442 e. The molecule has 3 fully saturated rings. The van der Waals surface area contributed by atoms with E-state index in [2.05, 4.69) is 17.1 Å². The highest BCUT2D eigenvalue weighted by atomic mass is 35.5. The fraction of sp³-hybridized carbons (Fsp3) is 0.759. The highest BCUT2D eigenvalue weighted by Gasteiger charge is 2.58. The van der Waals surface area contributed by atoms with Crippen LogP contribution in [-0.4, -0.2) is 73.7 Å². The van der Waals surface area contributed by atoms with E-state index in [0.717, 1.165) is 38.8 Å². The fourth-order valence-corrected chi connectivity index (χ4v) is 5.66. The quantitative estimate of drug-likeness (QED) is 0.302. The Labute approximate surface area is 232 Å². The molecular weight excluding hydrogens is 508 g/mol. The zero-order valence-electron chi connectivity index (χ0n) is 23.2. The van der Waals surface area contributed by atoms with E-state index in [1.165, 1.54) is 32.1 Å². The summed E-state index contributed by atoms with van der Waals surface area (Å²) in [6.45, 7) is 9.13. The number of hydrogen-bond acceptors (Lipinski definition) is 7. The molecular formula is C29H45ClN2O6. The number of halogens is 1. The van der Waals surface area contributed by atoms with Crippen molar-refractivity contribution in [2.75, 3.05) is 31.6 Å². The van der Waals surface area contributed by atoms with E-state index in [0.29, 0.717) is 23.9 Å². The first-order valence-corrected chi connectivity index (χ1v) is 14.8. The van der Waals surface area contributed by atoms with Crippen molar-refractivity contribution in [1.29, 1.82) is 0 Å². The number of hydrogen-bond donors (Lipinski definition) is 1. The Bertz CT molecular complexity index is 861. The van der Waals surface area contributed by atoms with Gasteiger partial charge in [-0.25, -0.2) is 4.79 Å². The Morgan fingerprint density at radius 3 is 2.45 bits per heavy atom. The van der Waals surface area contributed by atoms with Crippen molar-refractivity contribution in [2.45, 2.75) is 115 Å². The van der Waals surface area contributed by atoms with E-state index in [9.17, 15) is 4.79 Å². The number of fused-ring (bicyclic) bond motifs is 1. The molecule has 1 N–H and O–H groups in total. The van der Waals surface area contributed by atoms with Crippen molar-refractivity contribution in [3.8, 4) is 0 Å². The minimum absolute atomic E-state index is 0.375. The molecule has 0 radical (unpaired) electrons. The second-order valence-corrected chi connectivity index (χ2v) is 11.5. The highest BCUT2D eigenvalue weighted by molar-refractivity contribution is 6.30. The molecule has 8 nitrogen and oxygen atoms in total. The maximum absolute atomic E-state index is 13.0. The molecule has 4 rings (SSSR count). The molecule has 5 atom stereocenters. The molecule has 1 amide bonds. The monoisotopic (exact) mass is 552 g/mol. The predicted molar refractivity (Wildman–Crippen MR) is 147 cm³/mol. The first-order valence-electron chi connectivity index (χ1n) is 14.4. The maximum atomic E-state index is 13.0. The van der Waals surface area contributed by atoms with Crippen molar-refractivity contribution in [3.63, 3.8) is 0 Å². The van der Waals surface area contributed by atoms with E-state index in [4.69, 9.17) is 35.3 Å². The molecule has 38 heavy (non-hydrogen) atoms. The second kappa shape index (κ2) is 14.3. The molecule has 0 aromatic heterocycles. The number of nitrogens with one attached hydrogen (secondary N) is 1. The number of rotatable bonds is 12. The molecule has 0 aliphatic carbocycles. The molecule has 3 aliphatic heterocycles. The van der Waals surface area contributed by atoms with Gasteiger partial charge in [-0.3, -0.25) is 10.2 Å². The first-order chi connectivity index (χ1) is 18.3.